The molecule has 0 aromatic heterocycles. The topological polar surface area (TPSA) is 99.6 Å². The van der Waals surface area contributed by atoms with E-state index in [1.807, 2.05) is 105 Å². The Balaban J connectivity index is 1.47. The van der Waals surface area contributed by atoms with E-state index in [0.717, 1.165) is 18.4 Å². The zero-order valence-electron chi connectivity index (χ0n) is 27.9. The summed E-state index contributed by atoms with van der Waals surface area (Å²) < 4.78 is 12.8. The van der Waals surface area contributed by atoms with Gasteiger partial charge in [0.2, 0.25) is 17.7 Å². The molecule has 4 aliphatic heterocycles. The Bertz CT molecular complexity index is 1530. The van der Waals surface area contributed by atoms with Gasteiger partial charge in [-0.2, -0.15) is 0 Å². The van der Waals surface area contributed by atoms with Crippen molar-refractivity contribution in [1.29, 1.82) is 0 Å². The molecule has 1 spiro atoms. The number of nitrogens with zero attached hydrogens (tertiary/aromatic N) is 3. The van der Waals surface area contributed by atoms with Crippen LogP contribution in [0.15, 0.2) is 78.9 Å². The molecule has 0 saturated carbocycles. The van der Waals surface area contributed by atoms with Crippen molar-refractivity contribution >= 4 is 23.4 Å². The van der Waals surface area contributed by atoms with Gasteiger partial charge in [-0.3, -0.25) is 14.4 Å². The van der Waals surface area contributed by atoms with Gasteiger partial charge in [0.15, 0.2) is 0 Å². The maximum Gasteiger partial charge on any atom is 0.249 e. The normalized spacial score (nSPS) is 29.7. The lowest BCUT2D eigenvalue weighted by molar-refractivity contribution is -0.156. The summed E-state index contributed by atoms with van der Waals surface area (Å²) in [5.41, 5.74) is -0.844. The number of hydrogen-bond donors (Lipinski definition) is 1. The Hall–Kier alpha value is -3.95. The van der Waals surface area contributed by atoms with Gasteiger partial charge in [0.05, 0.1) is 36.7 Å². The van der Waals surface area contributed by atoms with Crippen LogP contribution in [0.25, 0.3) is 0 Å². The van der Waals surface area contributed by atoms with Crippen LogP contribution < -0.4 is 9.64 Å². The van der Waals surface area contributed by atoms with Crippen molar-refractivity contribution < 1.29 is 29.0 Å². The molecule has 1 N–H and O–H groups in total. The van der Waals surface area contributed by atoms with Crippen LogP contribution in [0, 0.1) is 11.8 Å². The molecular weight excluding hydrogens is 594 g/mol. The quantitative estimate of drug-likeness (QED) is 0.362. The third-order valence-electron chi connectivity index (χ3n) is 10.5. The van der Waals surface area contributed by atoms with Crippen molar-refractivity contribution in [2.45, 2.75) is 82.7 Å². The minimum atomic E-state index is -1.39. The van der Waals surface area contributed by atoms with Crippen LogP contribution in [-0.2, 0) is 25.5 Å². The monoisotopic (exact) mass is 641 g/mol. The fourth-order valence-electron chi connectivity index (χ4n) is 8.34. The summed E-state index contributed by atoms with van der Waals surface area (Å²) in [5.74, 6) is -1.89. The number of rotatable bonds is 11. The van der Waals surface area contributed by atoms with Gasteiger partial charge in [-0.05, 0) is 62.9 Å². The summed E-state index contributed by atoms with van der Waals surface area (Å²) in [6.45, 7) is 8.91. The summed E-state index contributed by atoms with van der Waals surface area (Å²) in [7, 11) is 0. The first kappa shape index (κ1) is 33.0. The van der Waals surface area contributed by atoms with Crippen LogP contribution in [-0.4, -0.2) is 88.3 Å². The standard InChI is InChI=1S/C38H47N3O6/c1-5-13-26(4)39-22-12-21-38-32(35(44)41(33(38)36(39)45)29(25-42)24-27-14-9-8-10-15-27)31-34(43)40(23-11-20-37(31,6-2)47-38)28-16-18-30(19-17-28)46-7-3/h8-12,14-21,26,29,31-33,42H,5-7,13,22-25H2,1-4H3/t26?,29-,31-,32+,33?,37+,38+/m1/s1. The van der Waals surface area contributed by atoms with Crippen LogP contribution in [0.5, 0.6) is 5.75 Å². The molecule has 250 valence electrons. The maximum absolute atomic E-state index is 15.0. The molecule has 9 heteroatoms. The minimum Gasteiger partial charge on any atom is -0.494 e. The van der Waals surface area contributed by atoms with Crippen LogP contribution in [0.2, 0.25) is 0 Å². The molecule has 0 bridgehead atoms. The van der Waals surface area contributed by atoms with Gasteiger partial charge in [0.25, 0.3) is 0 Å². The van der Waals surface area contributed by atoms with E-state index in [4.69, 9.17) is 9.47 Å². The number of hydrogen-bond acceptors (Lipinski definition) is 6. The Labute approximate surface area is 277 Å². The number of carbonyl (C=O) groups excluding carboxylic acids is 3. The molecule has 3 amide bonds. The number of likely N-dealkylation sites (tertiary alicyclic amines) is 1. The van der Waals surface area contributed by atoms with Crippen LogP contribution in [0.4, 0.5) is 5.69 Å². The summed E-state index contributed by atoms with van der Waals surface area (Å²) in [4.78, 5) is 49.8. The fraction of sp³-hybridized carbons (Fsp3) is 0.500. The van der Waals surface area contributed by atoms with Crippen molar-refractivity contribution in [2.75, 3.05) is 31.2 Å². The molecule has 6 rings (SSSR count). The van der Waals surface area contributed by atoms with Gasteiger partial charge in [0.1, 0.15) is 17.4 Å². The average Bonchev–Trinajstić information content (AvgIpc) is 3.37. The second-order valence-corrected chi connectivity index (χ2v) is 13.2. The van der Waals surface area contributed by atoms with Gasteiger partial charge in [-0.1, -0.05) is 74.9 Å². The lowest BCUT2D eigenvalue weighted by Gasteiger charge is -2.41. The lowest BCUT2D eigenvalue weighted by atomic mass is 9.73. The number of fused-ring (bicyclic) bond motifs is 2. The van der Waals surface area contributed by atoms with Gasteiger partial charge in [0, 0.05) is 24.8 Å². The van der Waals surface area contributed by atoms with E-state index in [-0.39, 0.29) is 30.4 Å². The number of anilines is 1. The Morgan fingerprint density at radius 2 is 1.64 bits per heavy atom. The van der Waals surface area contributed by atoms with Gasteiger partial charge in [-0.25, -0.2) is 0 Å². The number of benzene rings is 2. The van der Waals surface area contributed by atoms with Gasteiger partial charge in [-0.15, -0.1) is 0 Å². The van der Waals surface area contributed by atoms with E-state index in [1.54, 1.807) is 9.80 Å². The third-order valence-corrected chi connectivity index (χ3v) is 10.5. The highest BCUT2D eigenvalue weighted by atomic mass is 16.5. The molecule has 0 aliphatic carbocycles. The molecule has 2 saturated heterocycles. The minimum absolute atomic E-state index is 0.0614. The Morgan fingerprint density at radius 3 is 2.30 bits per heavy atom. The number of carbonyl (C=O) groups is 3. The smallest absolute Gasteiger partial charge is 0.249 e. The molecule has 2 aromatic carbocycles. The van der Waals surface area contributed by atoms with Crippen molar-refractivity contribution in [2.24, 2.45) is 11.8 Å². The third kappa shape index (κ3) is 5.47. The van der Waals surface area contributed by atoms with E-state index < -0.39 is 35.1 Å². The van der Waals surface area contributed by atoms with Crippen LogP contribution >= 0.6 is 0 Å². The maximum atomic E-state index is 15.0. The zero-order chi connectivity index (χ0) is 33.3. The van der Waals surface area contributed by atoms with Gasteiger partial charge < -0.3 is 29.3 Å². The van der Waals surface area contributed by atoms with Crippen molar-refractivity contribution in [3.05, 3.63) is 84.5 Å². The van der Waals surface area contributed by atoms with E-state index in [2.05, 4.69) is 6.92 Å². The highest BCUT2D eigenvalue weighted by Gasteiger charge is 2.76. The van der Waals surface area contributed by atoms with E-state index >= 15 is 4.79 Å². The SMILES string of the molecule is CCCC(C)N1CC=C[C@]23O[C@@]4(CC)C=CCN(c5ccc(OCC)cc5)C(=O)[C@H]4[C@H]2C(=O)N([C@@H](CO)Cc2ccccc2)C3C1=O. The second kappa shape index (κ2) is 13.3. The molecule has 2 fully saturated rings. The largest absolute Gasteiger partial charge is 0.494 e. The van der Waals surface area contributed by atoms with Crippen LogP contribution in [0.3, 0.4) is 0 Å². The van der Waals surface area contributed by atoms with Crippen molar-refractivity contribution in [3.63, 3.8) is 0 Å². The van der Waals surface area contributed by atoms with Crippen molar-refractivity contribution in [1.82, 2.24) is 9.80 Å². The van der Waals surface area contributed by atoms with E-state index in [0.29, 0.717) is 44.0 Å². The van der Waals surface area contributed by atoms with Crippen molar-refractivity contribution in [3.8, 4) is 5.75 Å². The van der Waals surface area contributed by atoms with Crippen LogP contribution in [0.1, 0.15) is 52.5 Å². The number of ether oxygens (including phenoxy) is 2. The number of amides is 3. The predicted octanol–water partition coefficient (Wildman–Crippen LogP) is 4.54. The first-order chi connectivity index (χ1) is 22.7. The Morgan fingerprint density at radius 1 is 0.915 bits per heavy atom. The first-order valence-corrected chi connectivity index (χ1v) is 17.1. The average molecular weight is 642 g/mol. The Kier molecular flexibility index (Phi) is 9.31. The van der Waals surface area contributed by atoms with E-state index in [9.17, 15) is 14.7 Å². The molecular formula is C38H47N3O6. The molecule has 7 atom stereocenters. The second-order valence-electron chi connectivity index (χ2n) is 13.2. The molecule has 0 radical (unpaired) electrons. The first-order valence-electron chi connectivity index (χ1n) is 17.1. The summed E-state index contributed by atoms with van der Waals surface area (Å²) >= 11 is 0. The fourth-order valence-corrected chi connectivity index (χ4v) is 8.34. The highest BCUT2D eigenvalue weighted by Crippen LogP contribution is 2.59. The van der Waals surface area contributed by atoms with E-state index in [1.165, 1.54) is 0 Å². The summed E-state index contributed by atoms with van der Waals surface area (Å²) in [6.07, 6.45) is 10.2. The highest BCUT2D eigenvalue weighted by molar-refractivity contribution is 6.04. The summed E-state index contributed by atoms with van der Waals surface area (Å²) in [6, 6.07) is 15.3. The molecule has 4 aliphatic rings. The number of aliphatic hydroxyl groups excluding tert-OH is 1. The predicted molar refractivity (Wildman–Crippen MR) is 180 cm³/mol. The molecule has 2 aromatic rings. The number of aliphatic hydroxyl groups is 1. The van der Waals surface area contributed by atoms with Gasteiger partial charge >= 0.3 is 0 Å². The molecule has 47 heavy (non-hydrogen) atoms. The molecule has 2 unspecified atom stereocenters. The summed E-state index contributed by atoms with van der Waals surface area (Å²) in [5, 5.41) is 10.8. The molecule has 4 heterocycles. The zero-order valence-corrected chi connectivity index (χ0v) is 27.9. The lowest BCUT2D eigenvalue weighted by Crippen LogP contribution is -2.60. The molecule has 9 nitrogen and oxygen atoms in total.